The van der Waals surface area contributed by atoms with Crippen molar-refractivity contribution in [3.63, 3.8) is 0 Å². The molecule has 2 unspecified atom stereocenters. The molecule has 0 radical (unpaired) electrons. The molecule has 0 spiro atoms. The Morgan fingerprint density at radius 2 is 1.88 bits per heavy atom. The Bertz CT molecular complexity index is 361. The van der Waals surface area contributed by atoms with Crippen molar-refractivity contribution in [1.29, 1.82) is 0 Å². The zero-order chi connectivity index (χ0) is 12.3. The predicted molar refractivity (Wildman–Crippen MR) is 67.7 cm³/mol. The molecular weight excluding hydrogens is 200 g/mol. The van der Waals surface area contributed by atoms with Crippen LogP contribution in [0.2, 0.25) is 0 Å². The number of nitrogens with two attached hydrogens (primary N) is 2. The molecule has 1 aromatic rings. The number of ether oxygens (including phenoxy) is 1. The molecule has 0 aromatic heterocycles. The van der Waals surface area contributed by atoms with E-state index in [1.54, 1.807) is 7.11 Å². The first-order valence-electron chi connectivity index (χ1n) is 5.62. The van der Waals surface area contributed by atoms with E-state index in [1.807, 2.05) is 13.8 Å². The molecule has 0 aliphatic heterocycles. The van der Waals surface area contributed by atoms with Gasteiger partial charge in [0.25, 0.3) is 0 Å². The van der Waals surface area contributed by atoms with Crippen LogP contribution in [0.15, 0.2) is 12.1 Å². The van der Waals surface area contributed by atoms with Crippen molar-refractivity contribution in [2.75, 3.05) is 7.11 Å². The maximum atomic E-state index is 6.15. The maximum Gasteiger partial charge on any atom is 0.126 e. The van der Waals surface area contributed by atoms with E-state index in [0.717, 1.165) is 23.3 Å². The van der Waals surface area contributed by atoms with E-state index in [2.05, 4.69) is 19.1 Å². The Labute approximate surface area is 97.8 Å². The molecule has 0 aliphatic carbocycles. The molecule has 0 aliphatic rings. The smallest absolute Gasteiger partial charge is 0.126 e. The van der Waals surface area contributed by atoms with Gasteiger partial charge in [-0.05, 0) is 32.8 Å². The predicted octanol–water partition coefficient (Wildman–Crippen LogP) is 2.05. The van der Waals surface area contributed by atoms with Gasteiger partial charge in [0.2, 0.25) is 0 Å². The fourth-order valence-corrected chi connectivity index (χ4v) is 2.07. The van der Waals surface area contributed by atoms with Gasteiger partial charge < -0.3 is 16.2 Å². The Morgan fingerprint density at radius 3 is 2.38 bits per heavy atom. The monoisotopic (exact) mass is 222 g/mol. The molecular formula is C13H22N2O. The summed E-state index contributed by atoms with van der Waals surface area (Å²) in [6.07, 6.45) is 0.763. The normalized spacial score (nSPS) is 14.6. The fourth-order valence-electron chi connectivity index (χ4n) is 2.07. The van der Waals surface area contributed by atoms with Crippen LogP contribution in [0.25, 0.3) is 0 Å². The molecule has 2 atom stereocenters. The summed E-state index contributed by atoms with van der Waals surface area (Å²) in [4.78, 5) is 0. The molecule has 3 nitrogen and oxygen atoms in total. The first-order chi connectivity index (χ1) is 7.45. The lowest BCUT2D eigenvalue weighted by molar-refractivity contribution is 0.399. The number of hydrogen-bond acceptors (Lipinski definition) is 3. The van der Waals surface area contributed by atoms with Crippen LogP contribution in [0, 0.1) is 13.8 Å². The third kappa shape index (κ3) is 2.97. The second kappa shape index (κ2) is 5.32. The average Bonchev–Trinajstić information content (AvgIpc) is 2.15. The molecule has 90 valence electrons. The minimum absolute atomic E-state index is 0.0615. The van der Waals surface area contributed by atoms with Crippen LogP contribution in [0.5, 0.6) is 5.75 Å². The number of benzene rings is 1. The molecule has 16 heavy (non-hydrogen) atoms. The van der Waals surface area contributed by atoms with Gasteiger partial charge in [-0.1, -0.05) is 17.7 Å². The van der Waals surface area contributed by atoms with Crippen LogP contribution in [0.1, 0.15) is 36.1 Å². The van der Waals surface area contributed by atoms with E-state index in [4.69, 9.17) is 16.2 Å². The Hall–Kier alpha value is -1.06. The highest BCUT2D eigenvalue weighted by molar-refractivity contribution is 5.45. The van der Waals surface area contributed by atoms with Crippen LogP contribution in [-0.2, 0) is 0 Å². The van der Waals surface area contributed by atoms with Crippen molar-refractivity contribution >= 4 is 0 Å². The van der Waals surface area contributed by atoms with Crippen molar-refractivity contribution in [2.24, 2.45) is 11.5 Å². The third-order valence-electron chi connectivity index (χ3n) is 2.68. The molecule has 4 N–H and O–H groups in total. The highest BCUT2D eigenvalue weighted by Crippen LogP contribution is 2.30. The number of aryl methyl sites for hydroxylation is 2. The van der Waals surface area contributed by atoms with Crippen LogP contribution in [0.3, 0.4) is 0 Å². The Balaban J connectivity index is 3.10. The summed E-state index contributed by atoms with van der Waals surface area (Å²) >= 11 is 0. The zero-order valence-electron chi connectivity index (χ0n) is 10.6. The number of rotatable bonds is 4. The van der Waals surface area contributed by atoms with Crippen molar-refractivity contribution < 1.29 is 4.74 Å². The third-order valence-corrected chi connectivity index (χ3v) is 2.68. The zero-order valence-corrected chi connectivity index (χ0v) is 10.6. The van der Waals surface area contributed by atoms with Crippen molar-refractivity contribution in [1.82, 2.24) is 0 Å². The minimum Gasteiger partial charge on any atom is -0.496 e. The van der Waals surface area contributed by atoms with Crippen LogP contribution < -0.4 is 16.2 Å². The van der Waals surface area contributed by atoms with E-state index in [0.29, 0.717) is 0 Å². The van der Waals surface area contributed by atoms with E-state index < -0.39 is 0 Å². The minimum atomic E-state index is -0.0615. The first kappa shape index (κ1) is 13.0. The van der Waals surface area contributed by atoms with E-state index in [1.165, 1.54) is 5.56 Å². The Kier molecular flexibility index (Phi) is 4.33. The summed E-state index contributed by atoms with van der Waals surface area (Å²) in [6.45, 7) is 6.07. The second-order valence-corrected chi connectivity index (χ2v) is 4.52. The highest BCUT2D eigenvalue weighted by atomic mass is 16.5. The van der Waals surface area contributed by atoms with Gasteiger partial charge in [-0.3, -0.25) is 0 Å². The molecule has 0 heterocycles. The fraction of sp³-hybridized carbons (Fsp3) is 0.538. The van der Waals surface area contributed by atoms with Gasteiger partial charge in [0.15, 0.2) is 0 Å². The summed E-state index contributed by atoms with van der Waals surface area (Å²) in [6, 6.07) is 4.22. The molecule has 0 saturated carbocycles. The summed E-state index contributed by atoms with van der Waals surface area (Å²) in [5, 5.41) is 0. The molecule has 0 fully saturated rings. The molecule has 1 aromatic carbocycles. The van der Waals surface area contributed by atoms with Gasteiger partial charge in [-0.25, -0.2) is 0 Å². The molecule has 3 heteroatoms. The Morgan fingerprint density at radius 1 is 1.25 bits per heavy atom. The summed E-state index contributed by atoms with van der Waals surface area (Å²) in [5.74, 6) is 0.888. The van der Waals surface area contributed by atoms with Gasteiger partial charge in [0, 0.05) is 17.6 Å². The SMILES string of the molecule is COc1c(C)cc(C)cc1C(N)CC(C)N. The standard InChI is InChI=1S/C13H22N2O/c1-8-5-9(2)13(16-4)11(6-8)12(15)7-10(3)14/h5-6,10,12H,7,14-15H2,1-4H3. The summed E-state index contributed by atoms with van der Waals surface area (Å²) in [5.41, 5.74) is 15.3. The van der Waals surface area contributed by atoms with Gasteiger partial charge in [0.05, 0.1) is 7.11 Å². The molecule has 0 amide bonds. The van der Waals surface area contributed by atoms with Crippen LogP contribution in [-0.4, -0.2) is 13.2 Å². The van der Waals surface area contributed by atoms with Gasteiger partial charge in [0.1, 0.15) is 5.75 Å². The van der Waals surface area contributed by atoms with Gasteiger partial charge in [-0.15, -0.1) is 0 Å². The van der Waals surface area contributed by atoms with E-state index in [-0.39, 0.29) is 12.1 Å². The quantitative estimate of drug-likeness (QED) is 0.819. The van der Waals surface area contributed by atoms with Gasteiger partial charge >= 0.3 is 0 Å². The largest absolute Gasteiger partial charge is 0.496 e. The van der Waals surface area contributed by atoms with Gasteiger partial charge in [-0.2, -0.15) is 0 Å². The topological polar surface area (TPSA) is 61.3 Å². The van der Waals surface area contributed by atoms with E-state index >= 15 is 0 Å². The maximum absolute atomic E-state index is 6.15. The van der Waals surface area contributed by atoms with E-state index in [9.17, 15) is 0 Å². The lowest BCUT2D eigenvalue weighted by Gasteiger charge is -2.19. The van der Waals surface area contributed by atoms with Crippen molar-refractivity contribution in [3.05, 3.63) is 28.8 Å². The number of hydrogen-bond donors (Lipinski definition) is 2. The molecule has 0 saturated heterocycles. The van der Waals surface area contributed by atoms with Crippen molar-refractivity contribution in [3.8, 4) is 5.75 Å². The average molecular weight is 222 g/mol. The molecule has 0 bridgehead atoms. The first-order valence-corrected chi connectivity index (χ1v) is 5.62. The van der Waals surface area contributed by atoms with Crippen molar-refractivity contribution in [2.45, 2.75) is 39.3 Å². The highest BCUT2D eigenvalue weighted by Gasteiger charge is 2.15. The number of methoxy groups -OCH3 is 1. The molecule has 1 rings (SSSR count). The lowest BCUT2D eigenvalue weighted by Crippen LogP contribution is -2.23. The second-order valence-electron chi connectivity index (χ2n) is 4.52. The summed E-state index contributed by atoms with van der Waals surface area (Å²) < 4.78 is 5.41. The summed E-state index contributed by atoms with van der Waals surface area (Å²) in [7, 11) is 1.68. The lowest BCUT2D eigenvalue weighted by atomic mass is 9.96. The van der Waals surface area contributed by atoms with Crippen LogP contribution >= 0.6 is 0 Å². The van der Waals surface area contributed by atoms with Crippen LogP contribution in [0.4, 0.5) is 0 Å².